The van der Waals surface area contributed by atoms with E-state index in [9.17, 15) is 18.0 Å². The van der Waals surface area contributed by atoms with Gasteiger partial charge in [-0.2, -0.15) is 0 Å². The average Bonchev–Trinajstić information content (AvgIpc) is 2.27. The molecule has 5 heteroatoms. The zero-order valence-corrected chi connectivity index (χ0v) is 9.27. The Bertz CT molecular complexity index is 461. The number of carbonyl (C=O) groups is 1. The lowest BCUT2D eigenvalue weighted by molar-refractivity contribution is -0.123. The van der Waals surface area contributed by atoms with Crippen LogP contribution in [0, 0.1) is 23.4 Å². The minimum absolute atomic E-state index is 0.00735. The van der Waals surface area contributed by atoms with Crippen LogP contribution < -0.4 is 5.32 Å². The summed E-state index contributed by atoms with van der Waals surface area (Å²) in [6.07, 6.45) is 0.100. The van der Waals surface area contributed by atoms with Crippen molar-refractivity contribution in [3.05, 3.63) is 35.1 Å². The Balaban J connectivity index is 2.38. The van der Waals surface area contributed by atoms with E-state index in [1.807, 2.05) is 6.92 Å². The summed E-state index contributed by atoms with van der Waals surface area (Å²) in [4.78, 5) is 11.3. The summed E-state index contributed by atoms with van der Waals surface area (Å²) in [6, 6.07) is 1.38. The van der Waals surface area contributed by atoms with Crippen LogP contribution in [0.5, 0.6) is 0 Å². The van der Waals surface area contributed by atoms with Crippen molar-refractivity contribution >= 4 is 5.91 Å². The highest BCUT2D eigenvalue weighted by molar-refractivity contribution is 5.77. The van der Waals surface area contributed by atoms with Crippen LogP contribution in [-0.4, -0.2) is 12.5 Å². The number of hydrogen-bond donors (Lipinski definition) is 1. The Hall–Kier alpha value is -1.52. The second-order valence-electron chi connectivity index (χ2n) is 4.38. The molecule has 17 heavy (non-hydrogen) atoms. The van der Waals surface area contributed by atoms with E-state index in [1.54, 1.807) is 0 Å². The second kappa shape index (κ2) is 4.39. The van der Waals surface area contributed by atoms with Gasteiger partial charge in [0, 0.05) is 19.0 Å². The lowest BCUT2D eigenvalue weighted by atomic mass is 9.82. The molecule has 0 aromatic heterocycles. The molecule has 0 aliphatic carbocycles. The van der Waals surface area contributed by atoms with Gasteiger partial charge in [0.1, 0.15) is 5.82 Å². The van der Waals surface area contributed by atoms with E-state index >= 15 is 0 Å². The number of rotatable bonds is 1. The molecule has 2 nitrogen and oxygen atoms in total. The van der Waals surface area contributed by atoms with E-state index in [1.165, 1.54) is 0 Å². The molecule has 2 atom stereocenters. The van der Waals surface area contributed by atoms with Crippen LogP contribution in [-0.2, 0) is 4.79 Å². The number of nitrogens with one attached hydrogen (secondary N) is 1. The first-order valence-electron chi connectivity index (χ1n) is 5.40. The van der Waals surface area contributed by atoms with Crippen molar-refractivity contribution in [2.24, 2.45) is 5.92 Å². The van der Waals surface area contributed by atoms with Gasteiger partial charge in [0.2, 0.25) is 5.91 Å². The first-order chi connectivity index (χ1) is 7.99. The van der Waals surface area contributed by atoms with E-state index in [2.05, 4.69) is 5.32 Å². The molecule has 0 saturated carbocycles. The fourth-order valence-electron chi connectivity index (χ4n) is 2.13. The number of hydrogen-bond acceptors (Lipinski definition) is 1. The lowest BCUT2D eigenvalue weighted by Crippen LogP contribution is -2.38. The summed E-state index contributed by atoms with van der Waals surface area (Å²) in [5.41, 5.74) is 0.0752. The molecule has 92 valence electrons. The largest absolute Gasteiger partial charge is 0.356 e. The molecule has 1 aliphatic rings. The van der Waals surface area contributed by atoms with Crippen LogP contribution in [0.4, 0.5) is 13.2 Å². The van der Waals surface area contributed by atoms with Gasteiger partial charge in [-0.25, -0.2) is 13.2 Å². The summed E-state index contributed by atoms with van der Waals surface area (Å²) in [7, 11) is 0. The number of halogens is 3. The minimum atomic E-state index is -1.21. The van der Waals surface area contributed by atoms with Gasteiger partial charge in [-0.1, -0.05) is 6.92 Å². The highest BCUT2D eigenvalue weighted by Crippen LogP contribution is 2.33. The average molecular weight is 243 g/mol. The van der Waals surface area contributed by atoms with Crippen LogP contribution in [0.2, 0.25) is 0 Å². The van der Waals surface area contributed by atoms with E-state index in [0.29, 0.717) is 12.6 Å². The zero-order chi connectivity index (χ0) is 12.6. The molecule has 1 heterocycles. The van der Waals surface area contributed by atoms with Gasteiger partial charge in [-0.15, -0.1) is 0 Å². The van der Waals surface area contributed by atoms with Gasteiger partial charge in [-0.3, -0.25) is 4.79 Å². The van der Waals surface area contributed by atoms with Crippen LogP contribution >= 0.6 is 0 Å². The maximum absolute atomic E-state index is 13.6. The normalized spacial score (nSPS) is 24.6. The van der Waals surface area contributed by atoms with E-state index in [0.717, 1.165) is 6.07 Å². The highest BCUT2D eigenvalue weighted by atomic mass is 19.2. The molecule has 0 bridgehead atoms. The van der Waals surface area contributed by atoms with Gasteiger partial charge in [0.25, 0.3) is 0 Å². The summed E-state index contributed by atoms with van der Waals surface area (Å²) in [5.74, 6) is -3.70. The van der Waals surface area contributed by atoms with Crippen LogP contribution in [0.3, 0.4) is 0 Å². The smallest absolute Gasteiger partial charge is 0.220 e. The van der Waals surface area contributed by atoms with Gasteiger partial charge in [-0.05, 0) is 23.5 Å². The summed E-state index contributed by atoms with van der Waals surface area (Å²) in [5, 5.41) is 2.65. The number of piperidine rings is 1. The third-order valence-electron chi connectivity index (χ3n) is 3.15. The molecule has 1 amide bonds. The van der Waals surface area contributed by atoms with E-state index in [-0.39, 0.29) is 23.8 Å². The van der Waals surface area contributed by atoms with Gasteiger partial charge in [0.05, 0.1) is 0 Å². The Morgan fingerprint density at radius 2 is 1.82 bits per heavy atom. The molecular formula is C12H12F3NO. The number of amides is 1. The fourth-order valence-corrected chi connectivity index (χ4v) is 2.13. The lowest BCUT2D eigenvalue weighted by Gasteiger charge is -2.29. The molecular weight excluding hydrogens is 231 g/mol. The molecule has 2 unspecified atom stereocenters. The van der Waals surface area contributed by atoms with Crippen molar-refractivity contribution in [3.63, 3.8) is 0 Å². The quantitative estimate of drug-likeness (QED) is 0.754. The van der Waals surface area contributed by atoms with Crippen molar-refractivity contribution in [2.45, 2.75) is 19.3 Å². The summed E-state index contributed by atoms with van der Waals surface area (Å²) in [6.45, 7) is 2.26. The summed E-state index contributed by atoms with van der Waals surface area (Å²) >= 11 is 0. The Morgan fingerprint density at radius 1 is 1.18 bits per heavy atom. The monoisotopic (exact) mass is 243 g/mol. The van der Waals surface area contributed by atoms with Gasteiger partial charge in [0.15, 0.2) is 11.6 Å². The van der Waals surface area contributed by atoms with E-state index < -0.39 is 23.4 Å². The predicted octanol–water partition coefficient (Wildman–Crippen LogP) is 2.34. The number of carbonyl (C=O) groups excluding carboxylic acids is 1. The van der Waals surface area contributed by atoms with E-state index in [4.69, 9.17) is 0 Å². The molecule has 2 rings (SSSR count). The number of benzene rings is 1. The molecule has 1 aromatic carbocycles. The molecule has 1 N–H and O–H groups in total. The Labute approximate surface area is 96.8 Å². The Kier molecular flexibility index (Phi) is 3.09. The SMILES string of the molecule is CC1CNC(=O)CC1c1cc(F)c(F)cc1F. The predicted molar refractivity (Wildman–Crippen MR) is 55.8 cm³/mol. The minimum Gasteiger partial charge on any atom is -0.356 e. The van der Waals surface area contributed by atoms with Crippen molar-refractivity contribution in [1.29, 1.82) is 0 Å². The van der Waals surface area contributed by atoms with Crippen molar-refractivity contribution in [1.82, 2.24) is 5.32 Å². The first-order valence-corrected chi connectivity index (χ1v) is 5.40. The maximum Gasteiger partial charge on any atom is 0.220 e. The summed E-state index contributed by atoms with van der Waals surface area (Å²) < 4.78 is 39.5. The molecule has 0 radical (unpaired) electrons. The third-order valence-corrected chi connectivity index (χ3v) is 3.15. The third kappa shape index (κ3) is 2.28. The first kappa shape index (κ1) is 12.0. The van der Waals surface area contributed by atoms with Gasteiger partial charge < -0.3 is 5.32 Å². The van der Waals surface area contributed by atoms with Crippen LogP contribution in [0.1, 0.15) is 24.8 Å². The molecule has 1 aromatic rings. The highest BCUT2D eigenvalue weighted by Gasteiger charge is 2.30. The maximum atomic E-state index is 13.6. The molecule has 1 fully saturated rings. The fraction of sp³-hybridized carbons (Fsp3) is 0.417. The standard InChI is InChI=1S/C12H12F3NO/c1-6-5-16-12(17)3-7(6)8-2-10(14)11(15)4-9(8)13/h2,4,6-7H,3,5H2,1H3,(H,16,17). The molecule has 1 aliphatic heterocycles. The molecule has 1 saturated heterocycles. The van der Waals surface area contributed by atoms with Crippen molar-refractivity contribution < 1.29 is 18.0 Å². The second-order valence-corrected chi connectivity index (χ2v) is 4.38. The zero-order valence-electron chi connectivity index (χ0n) is 9.27. The van der Waals surface area contributed by atoms with Crippen LogP contribution in [0.15, 0.2) is 12.1 Å². The topological polar surface area (TPSA) is 29.1 Å². The Morgan fingerprint density at radius 3 is 2.53 bits per heavy atom. The molecule has 0 spiro atoms. The van der Waals surface area contributed by atoms with Crippen molar-refractivity contribution in [2.75, 3.05) is 6.54 Å². The van der Waals surface area contributed by atoms with Gasteiger partial charge >= 0.3 is 0 Å². The van der Waals surface area contributed by atoms with Crippen molar-refractivity contribution in [3.8, 4) is 0 Å². The van der Waals surface area contributed by atoms with Crippen LogP contribution in [0.25, 0.3) is 0 Å².